The lowest BCUT2D eigenvalue weighted by atomic mass is 9.92. The minimum absolute atomic E-state index is 0.00382. The van der Waals surface area contributed by atoms with Gasteiger partial charge in [0.2, 0.25) is 11.8 Å². The van der Waals surface area contributed by atoms with Crippen molar-refractivity contribution in [2.24, 2.45) is 5.41 Å². The number of carboxylic acid groups (broad SMARTS) is 1. The van der Waals surface area contributed by atoms with E-state index in [1.54, 1.807) is 13.8 Å². The molecule has 0 unspecified atom stereocenters. The van der Waals surface area contributed by atoms with E-state index in [0.717, 1.165) is 11.0 Å². The molecule has 7 heteroatoms. The van der Waals surface area contributed by atoms with E-state index in [9.17, 15) is 19.5 Å². The fourth-order valence-corrected chi connectivity index (χ4v) is 2.71. The lowest BCUT2D eigenvalue weighted by molar-refractivity contribution is -0.124. The first-order valence-corrected chi connectivity index (χ1v) is 6.50. The molecule has 1 N–H and O–H groups in total. The van der Waals surface area contributed by atoms with Crippen molar-refractivity contribution in [2.45, 2.75) is 20.3 Å². The number of carbonyl (C=O) groups excluding carboxylic acids is 2. The molecular formula is C13H11Cl2NO4. The van der Waals surface area contributed by atoms with E-state index in [2.05, 4.69) is 0 Å². The molecule has 2 amide bonds. The quantitative estimate of drug-likeness (QED) is 0.851. The average Bonchev–Trinajstić information content (AvgIpc) is 2.49. The molecule has 0 radical (unpaired) electrons. The second-order valence-corrected chi connectivity index (χ2v) is 6.03. The van der Waals surface area contributed by atoms with Gasteiger partial charge in [-0.25, -0.2) is 9.69 Å². The number of rotatable bonds is 2. The van der Waals surface area contributed by atoms with Crippen LogP contribution in [0.2, 0.25) is 10.0 Å². The van der Waals surface area contributed by atoms with E-state index in [1.165, 1.54) is 6.07 Å². The number of carboxylic acids is 1. The number of carbonyl (C=O) groups is 3. The van der Waals surface area contributed by atoms with Gasteiger partial charge in [-0.3, -0.25) is 9.59 Å². The Balaban J connectivity index is 2.67. The Kier molecular flexibility index (Phi) is 3.52. The molecule has 5 nitrogen and oxygen atoms in total. The number of anilines is 1. The summed E-state index contributed by atoms with van der Waals surface area (Å²) in [5.41, 5.74) is -1.28. The number of amides is 2. The molecule has 0 saturated carbocycles. The standard InChI is InChI=1S/C13H11Cl2NO4/c1-13(2)5-9(17)16(12(13)20)10-7(11(18)19)3-6(14)4-8(10)15/h3-4H,5H2,1-2H3,(H,18,19). The molecule has 1 aromatic carbocycles. The minimum Gasteiger partial charge on any atom is -0.478 e. The summed E-state index contributed by atoms with van der Waals surface area (Å²) in [5.74, 6) is -2.27. The maximum absolute atomic E-state index is 12.3. The molecule has 0 aliphatic carbocycles. The SMILES string of the molecule is CC1(C)CC(=O)N(c2c(Cl)cc(Cl)cc2C(=O)O)C1=O. The highest BCUT2D eigenvalue weighted by Gasteiger charge is 2.47. The monoisotopic (exact) mass is 315 g/mol. The van der Waals surface area contributed by atoms with E-state index in [4.69, 9.17) is 23.2 Å². The highest BCUT2D eigenvalue weighted by molar-refractivity contribution is 6.39. The largest absolute Gasteiger partial charge is 0.478 e. The predicted molar refractivity (Wildman–Crippen MR) is 74.3 cm³/mol. The maximum atomic E-state index is 12.3. The van der Waals surface area contributed by atoms with Crippen molar-refractivity contribution in [2.75, 3.05) is 4.90 Å². The van der Waals surface area contributed by atoms with Gasteiger partial charge in [-0.2, -0.15) is 0 Å². The van der Waals surface area contributed by atoms with Crippen molar-refractivity contribution < 1.29 is 19.5 Å². The van der Waals surface area contributed by atoms with Crippen LogP contribution in [0.15, 0.2) is 12.1 Å². The topological polar surface area (TPSA) is 74.7 Å². The molecule has 1 saturated heterocycles. The van der Waals surface area contributed by atoms with Crippen molar-refractivity contribution in [3.8, 4) is 0 Å². The summed E-state index contributed by atoms with van der Waals surface area (Å²) in [4.78, 5) is 36.4. The van der Waals surface area contributed by atoms with Crippen LogP contribution in [0, 0.1) is 5.41 Å². The number of halogens is 2. The Bertz CT molecular complexity index is 640. The third-order valence-corrected chi connectivity index (χ3v) is 3.61. The van der Waals surface area contributed by atoms with Gasteiger partial charge < -0.3 is 5.11 Å². The van der Waals surface area contributed by atoms with E-state index in [-0.39, 0.29) is 27.7 Å². The molecule has 1 aliphatic rings. The summed E-state index contributed by atoms with van der Waals surface area (Å²) in [6, 6.07) is 2.47. The van der Waals surface area contributed by atoms with E-state index >= 15 is 0 Å². The summed E-state index contributed by atoms with van der Waals surface area (Å²) in [5, 5.41) is 9.28. The molecule has 2 rings (SSSR count). The molecule has 0 bridgehead atoms. The van der Waals surface area contributed by atoms with Crippen LogP contribution >= 0.6 is 23.2 Å². The van der Waals surface area contributed by atoms with E-state index in [0.29, 0.717) is 0 Å². The van der Waals surface area contributed by atoms with Crippen LogP contribution in [0.25, 0.3) is 0 Å². The van der Waals surface area contributed by atoms with Crippen LogP contribution < -0.4 is 4.90 Å². The summed E-state index contributed by atoms with van der Waals surface area (Å²) in [6.07, 6.45) is 0.00382. The summed E-state index contributed by atoms with van der Waals surface area (Å²) >= 11 is 11.8. The summed E-state index contributed by atoms with van der Waals surface area (Å²) in [7, 11) is 0. The van der Waals surface area contributed by atoms with Crippen molar-refractivity contribution in [3.05, 3.63) is 27.7 Å². The lowest BCUT2D eigenvalue weighted by Gasteiger charge is -2.20. The maximum Gasteiger partial charge on any atom is 0.337 e. The highest BCUT2D eigenvalue weighted by atomic mass is 35.5. The van der Waals surface area contributed by atoms with Gasteiger partial charge in [-0.1, -0.05) is 37.0 Å². The Morgan fingerprint density at radius 2 is 1.90 bits per heavy atom. The normalized spacial score (nSPS) is 17.7. The molecular weight excluding hydrogens is 305 g/mol. The van der Waals surface area contributed by atoms with Gasteiger partial charge in [0, 0.05) is 11.4 Å². The number of hydrogen-bond acceptors (Lipinski definition) is 3. The predicted octanol–water partition coefficient (Wildman–Crippen LogP) is 2.98. The Hall–Kier alpha value is -1.59. The van der Waals surface area contributed by atoms with Crippen LogP contribution in [0.4, 0.5) is 5.69 Å². The Morgan fingerprint density at radius 1 is 1.30 bits per heavy atom. The fraction of sp³-hybridized carbons (Fsp3) is 0.308. The molecule has 0 spiro atoms. The fourth-order valence-electron chi connectivity index (χ4n) is 2.13. The molecule has 1 aliphatic heterocycles. The smallest absolute Gasteiger partial charge is 0.337 e. The van der Waals surface area contributed by atoms with Crippen LogP contribution in [0.3, 0.4) is 0 Å². The van der Waals surface area contributed by atoms with Crippen LogP contribution in [-0.2, 0) is 9.59 Å². The van der Waals surface area contributed by atoms with E-state index < -0.39 is 23.2 Å². The van der Waals surface area contributed by atoms with Crippen LogP contribution in [-0.4, -0.2) is 22.9 Å². The number of aromatic carboxylic acids is 1. The minimum atomic E-state index is -1.31. The van der Waals surface area contributed by atoms with Gasteiger partial charge >= 0.3 is 5.97 Å². The zero-order chi connectivity index (χ0) is 15.2. The first-order valence-electron chi connectivity index (χ1n) is 5.75. The van der Waals surface area contributed by atoms with Crippen LogP contribution in [0.5, 0.6) is 0 Å². The summed E-state index contributed by atoms with van der Waals surface area (Å²) < 4.78 is 0. The molecule has 1 heterocycles. The third kappa shape index (κ3) is 2.27. The Labute approximate surface area is 125 Å². The molecule has 106 valence electrons. The zero-order valence-corrected chi connectivity index (χ0v) is 12.2. The van der Waals surface area contributed by atoms with Gasteiger partial charge in [0.15, 0.2) is 0 Å². The first-order chi connectivity index (χ1) is 9.15. The molecule has 0 aromatic heterocycles. The van der Waals surface area contributed by atoms with Gasteiger partial charge in [-0.15, -0.1) is 0 Å². The second-order valence-electron chi connectivity index (χ2n) is 5.18. The highest BCUT2D eigenvalue weighted by Crippen LogP contribution is 2.41. The van der Waals surface area contributed by atoms with Gasteiger partial charge in [0.25, 0.3) is 0 Å². The van der Waals surface area contributed by atoms with Crippen molar-refractivity contribution in [1.82, 2.24) is 0 Å². The number of imide groups is 1. The van der Waals surface area contributed by atoms with Crippen molar-refractivity contribution in [1.29, 1.82) is 0 Å². The average molecular weight is 316 g/mol. The van der Waals surface area contributed by atoms with Gasteiger partial charge in [-0.05, 0) is 12.1 Å². The van der Waals surface area contributed by atoms with Crippen molar-refractivity contribution in [3.63, 3.8) is 0 Å². The van der Waals surface area contributed by atoms with Gasteiger partial charge in [0.1, 0.15) is 0 Å². The van der Waals surface area contributed by atoms with Crippen LogP contribution in [0.1, 0.15) is 30.6 Å². The van der Waals surface area contributed by atoms with Crippen molar-refractivity contribution >= 4 is 46.7 Å². The second kappa shape index (κ2) is 4.75. The Morgan fingerprint density at radius 3 is 2.35 bits per heavy atom. The van der Waals surface area contributed by atoms with E-state index in [1.807, 2.05) is 0 Å². The van der Waals surface area contributed by atoms with Gasteiger partial charge in [0.05, 0.1) is 21.7 Å². The lowest BCUT2D eigenvalue weighted by Crippen LogP contribution is -2.34. The molecule has 1 aromatic rings. The zero-order valence-electron chi connectivity index (χ0n) is 10.7. The number of hydrogen-bond donors (Lipinski definition) is 1. The number of benzene rings is 1. The molecule has 0 atom stereocenters. The number of nitrogens with zero attached hydrogens (tertiary/aromatic N) is 1. The first kappa shape index (κ1) is 14.8. The third-order valence-electron chi connectivity index (χ3n) is 3.11. The molecule has 20 heavy (non-hydrogen) atoms. The molecule has 1 fully saturated rings. The summed E-state index contributed by atoms with van der Waals surface area (Å²) in [6.45, 7) is 3.25.